The fraction of sp³-hybridized carbons (Fsp3) is 0.138. The van der Waals surface area contributed by atoms with Crippen LogP contribution in [-0.2, 0) is 11.3 Å². The van der Waals surface area contributed by atoms with Crippen LogP contribution in [0.4, 0.5) is 13.2 Å². The molecule has 0 saturated carbocycles. The molecule has 3 heterocycles. The topological polar surface area (TPSA) is 121 Å². The van der Waals surface area contributed by atoms with Crippen LogP contribution in [0.15, 0.2) is 89.9 Å². The van der Waals surface area contributed by atoms with Gasteiger partial charge in [-0.3, -0.25) is 0 Å². The van der Waals surface area contributed by atoms with Gasteiger partial charge >= 0.3 is 12.1 Å². The van der Waals surface area contributed by atoms with Gasteiger partial charge in [-0.1, -0.05) is 35.5 Å². The third-order valence-electron chi connectivity index (χ3n) is 6.09. The Balaban J connectivity index is 0.000000451. The molecule has 10 nitrogen and oxygen atoms in total. The Morgan fingerprint density at radius 1 is 1.02 bits per heavy atom. The van der Waals surface area contributed by atoms with Crippen LogP contribution in [0.25, 0.3) is 39.5 Å². The molecule has 13 heteroatoms. The predicted molar refractivity (Wildman–Crippen MR) is 146 cm³/mol. The van der Waals surface area contributed by atoms with Gasteiger partial charge in [-0.05, 0) is 48.9 Å². The summed E-state index contributed by atoms with van der Waals surface area (Å²) in [4.78, 5) is 17.8. The summed E-state index contributed by atoms with van der Waals surface area (Å²) in [5.41, 5.74) is 7.25. The number of benzene rings is 3. The van der Waals surface area contributed by atoms with Gasteiger partial charge in [-0.25, -0.2) is 19.4 Å². The molecule has 0 atom stereocenters. The van der Waals surface area contributed by atoms with E-state index in [0.717, 1.165) is 50.6 Å². The predicted octanol–water partition coefficient (Wildman–Crippen LogP) is 5.94. The van der Waals surface area contributed by atoms with E-state index in [1.54, 1.807) is 13.4 Å². The average molecular weight is 577 g/mol. The number of carboxylic acid groups (broad SMARTS) is 1. The van der Waals surface area contributed by atoms with Gasteiger partial charge in [0, 0.05) is 17.3 Å². The standard InChI is InChI=1S/C27H22N6O2.C2HF3O2/c1-18-14-32(17-28-18)24-12-11-21(13-26(24)34-2)23-16-33(31-30-23)15-19-7-9-20(10-8-19)27-29-22-5-3-4-6-25(22)35-27;3-2(4,5)1(6)7/h3-14,16-17H,15H2,1-2H3;(H,6,7). The monoisotopic (exact) mass is 576 g/mol. The number of aromatic nitrogens is 6. The quantitative estimate of drug-likeness (QED) is 0.259. The first-order valence-electron chi connectivity index (χ1n) is 12.5. The average Bonchev–Trinajstić information content (AvgIpc) is 3.73. The van der Waals surface area contributed by atoms with E-state index in [0.29, 0.717) is 12.4 Å². The molecule has 0 unspecified atom stereocenters. The number of aryl methyl sites for hydroxylation is 1. The number of carbonyl (C=O) groups is 1. The Morgan fingerprint density at radius 2 is 1.74 bits per heavy atom. The Bertz CT molecular complexity index is 1810. The van der Waals surface area contributed by atoms with Gasteiger partial charge in [0.1, 0.15) is 17.0 Å². The van der Waals surface area contributed by atoms with E-state index >= 15 is 0 Å². The summed E-state index contributed by atoms with van der Waals surface area (Å²) in [5, 5.41) is 15.8. The smallest absolute Gasteiger partial charge is 0.490 e. The Kier molecular flexibility index (Phi) is 7.74. The molecule has 1 N–H and O–H groups in total. The van der Waals surface area contributed by atoms with Crippen LogP contribution in [-0.4, -0.2) is 53.9 Å². The van der Waals surface area contributed by atoms with Gasteiger partial charge < -0.3 is 18.8 Å². The number of ether oxygens (including phenoxy) is 1. The molecule has 0 aliphatic rings. The molecule has 0 saturated heterocycles. The SMILES string of the molecule is COc1cc(-c2cn(Cc3ccc(-c4nc5ccccc5o4)cc3)nn2)ccc1-n1cnc(C)c1.O=C(O)C(F)(F)F. The molecule has 0 aliphatic carbocycles. The number of carboxylic acids is 1. The minimum Gasteiger partial charge on any atom is -0.495 e. The van der Waals surface area contributed by atoms with Crippen LogP contribution in [0, 0.1) is 6.92 Å². The minimum absolute atomic E-state index is 0.602. The lowest BCUT2D eigenvalue weighted by Gasteiger charge is -2.10. The first-order valence-corrected chi connectivity index (χ1v) is 12.5. The van der Waals surface area contributed by atoms with Gasteiger partial charge in [-0.15, -0.1) is 5.10 Å². The number of alkyl halides is 3. The van der Waals surface area contributed by atoms with Gasteiger partial charge in [0.15, 0.2) is 5.58 Å². The van der Waals surface area contributed by atoms with E-state index in [4.69, 9.17) is 19.1 Å². The van der Waals surface area contributed by atoms with Gasteiger partial charge in [0.05, 0.1) is 37.6 Å². The van der Waals surface area contributed by atoms with Crippen LogP contribution in [0.1, 0.15) is 11.3 Å². The number of fused-ring (bicyclic) bond motifs is 1. The van der Waals surface area contributed by atoms with E-state index in [1.165, 1.54) is 0 Å². The first-order chi connectivity index (χ1) is 20.1. The maximum Gasteiger partial charge on any atom is 0.490 e. The fourth-order valence-electron chi connectivity index (χ4n) is 4.05. The summed E-state index contributed by atoms with van der Waals surface area (Å²) in [6, 6.07) is 21.9. The zero-order chi connectivity index (χ0) is 29.9. The number of rotatable bonds is 6. The van der Waals surface area contributed by atoms with Crippen LogP contribution in [0.3, 0.4) is 0 Å². The number of oxazole rings is 1. The van der Waals surface area contributed by atoms with Crippen molar-refractivity contribution in [2.24, 2.45) is 0 Å². The number of hydrogen-bond donors (Lipinski definition) is 1. The molecular weight excluding hydrogens is 553 g/mol. The number of methoxy groups -OCH3 is 1. The van der Waals surface area contributed by atoms with Crippen molar-refractivity contribution in [3.8, 4) is 34.1 Å². The molecule has 214 valence electrons. The molecule has 3 aromatic heterocycles. The van der Waals surface area contributed by atoms with Gasteiger partial charge in [-0.2, -0.15) is 13.2 Å². The molecule has 0 bridgehead atoms. The number of hydrogen-bond acceptors (Lipinski definition) is 7. The normalized spacial score (nSPS) is 11.3. The number of aliphatic carboxylic acids is 1. The Hall–Kier alpha value is -5.46. The highest BCUT2D eigenvalue weighted by Crippen LogP contribution is 2.29. The van der Waals surface area contributed by atoms with E-state index in [1.807, 2.05) is 83.2 Å². The van der Waals surface area contributed by atoms with Crippen LogP contribution < -0.4 is 4.74 Å². The van der Waals surface area contributed by atoms with Crippen molar-refractivity contribution in [1.29, 1.82) is 0 Å². The zero-order valence-corrected chi connectivity index (χ0v) is 22.3. The van der Waals surface area contributed by atoms with Crippen molar-refractivity contribution in [2.45, 2.75) is 19.6 Å². The summed E-state index contributed by atoms with van der Waals surface area (Å²) in [7, 11) is 1.66. The summed E-state index contributed by atoms with van der Waals surface area (Å²) in [6.07, 6.45) is 0.590. The van der Waals surface area contributed by atoms with Crippen molar-refractivity contribution in [2.75, 3.05) is 7.11 Å². The fourth-order valence-corrected chi connectivity index (χ4v) is 4.05. The highest BCUT2D eigenvalue weighted by molar-refractivity contribution is 5.76. The molecule has 0 amide bonds. The molecule has 6 aromatic rings. The lowest BCUT2D eigenvalue weighted by atomic mass is 10.1. The van der Waals surface area contributed by atoms with E-state index in [-0.39, 0.29) is 0 Å². The second kappa shape index (κ2) is 11.6. The lowest BCUT2D eigenvalue weighted by Crippen LogP contribution is -2.21. The van der Waals surface area contributed by atoms with E-state index in [9.17, 15) is 13.2 Å². The third-order valence-corrected chi connectivity index (χ3v) is 6.09. The molecule has 0 fully saturated rings. The van der Waals surface area contributed by atoms with Crippen LogP contribution in [0.5, 0.6) is 5.75 Å². The number of halogens is 3. The highest BCUT2D eigenvalue weighted by atomic mass is 19.4. The van der Waals surface area contributed by atoms with Crippen LogP contribution >= 0.6 is 0 Å². The summed E-state index contributed by atoms with van der Waals surface area (Å²) in [6.45, 7) is 2.56. The van der Waals surface area contributed by atoms with Gasteiger partial charge in [0.25, 0.3) is 0 Å². The van der Waals surface area contributed by atoms with Crippen LogP contribution in [0.2, 0.25) is 0 Å². The maximum absolute atomic E-state index is 10.6. The molecule has 6 rings (SSSR count). The number of para-hydroxylation sites is 2. The summed E-state index contributed by atoms with van der Waals surface area (Å²) >= 11 is 0. The van der Waals surface area contributed by atoms with Crippen molar-refractivity contribution in [3.63, 3.8) is 0 Å². The molecule has 42 heavy (non-hydrogen) atoms. The second-order valence-electron chi connectivity index (χ2n) is 9.10. The van der Waals surface area contributed by atoms with Crippen molar-refractivity contribution < 1.29 is 32.2 Å². The van der Waals surface area contributed by atoms with Crippen molar-refractivity contribution >= 4 is 17.1 Å². The molecule has 0 aliphatic heterocycles. The van der Waals surface area contributed by atoms with E-state index < -0.39 is 12.1 Å². The van der Waals surface area contributed by atoms with Crippen molar-refractivity contribution in [3.05, 3.63) is 96.7 Å². The molecule has 0 radical (unpaired) electrons. The van der Waals surface area contributed by atoms with Crippen molar-refractivity contribution in [1.82, 2.24) is 29.5 Å². The second-order valence-corrected chi connectivity index (χ2v) is 9.10. The third kappa shape index (κ3) is 6.30. The minimum atomic E-state index is -5.08. The molecule has 3 aromatic carbocycles. The van der Waals surface area contributed by atoms with Gasteiger partial charge in [0.2, 0.25) is 5.89 Å². The Morgan fingerprint density at radius 3 is 2.38 bits per heavy atom. The molecular formula is C29H23F3N6O4. The number of nitrogens with zero attached hydrogens (tertiary/aromatic N) is 6. The number of imidazole rings is 1. The first kappa shape index (κ1) is 28.1. The molecule has 0 spiro atoms. The lowest BCUT2D eigenvalue weighted by molar-refractivity contribution is -0.192. The zero-order valence-electron chi connectivity index (χ0n) is 22.3. The summed E-state index contributed by atoms with van der Waals surface area (Å²) in [5.74, 6) is -1.40. The highest BCUT2D eigenvalue weighted by Gasteiger charge is 2.38. The summed E-state index contributed by atoms with van der Waals surface area (Å²) < 4.78 is 47.0. The Labute approximate surface area is 236 Å². The largest absolute Gasteiger partial charge is 0.495 e. The maximum atomic E-state index is 10.6. The van der Waals surface area contributed by atoms with E-state index in [2.05, 4.69) is 32.4 Å².